The van der Waals surface area contributed by atoms with Crippen molar-refractivity contribution in [3.05, 3.63) is 38.9 Å². The number of rotatable bonds is 3. The van der Waals surface area contributed by atoms with E-state index in [1.54, 1.807) is 0 Å². The van der Waals surface area contributed by atoms with Gasteiger partial charge in [0.15, 0.2) is 0 Å². The lowest BCUT2D eigenvalue weighted by atomic mass is 9.67. The normalized spacial score (nSPS) is 29.8. The van der Waals surface area contributed by atoms with E-state index in [0.29, 0.717) is 11.8 Å². The molecule has 3 N–H and O–H groups in total. The van der Waals surface area contributed by atoms with Crippen LogP contribution in [0.2, 0.25) is 5.02 Å². The average molecular weight is 338 g/mol. The minimum atomic E-state index is -0.571. The van der Waals surface area contributed by atoms with Gasteiger partial charge in [0.05, 0.1) is 4.92 Å². The fourth-order valence-electron chi connectivity index (χ4n) is 4.10. The molecule has 0 saturated heterocycles. The number of benzene rings is 1. The number of hydrogen-bond donors (Lipinski definition) is 2. The summed E-state index contributed by atoms with van der Waals surface area (Å²) >= 11 is 5.80. The molecular weight excluding hydrogens is 318 g/mol. The highest BCUT2D eigenvalue weighted by molar-refractivity contribution is 6.31. The second-order valence-corrected chi connectivity index (χ2v) is 7.04. The first kappa shape index (κ1) is 16.2. The number of amides is 1. The van der Waals surface area contributed by atoms with Gasteiger partial charge in [-0.1, -0.05) is 18.0 Å². The van der Waals surface area contributed by atoms with Gasteiger partial charge in [-0.25, -0.2) is 0 Å². The molecule has 23 heavy (non-hydrogen) atoms. The van der Waals surface area contributed by atoms with Crippen LogP contribution in [0.25, 0.3) is 0 Å². The van der Waals surface area contributed by atoms with Gasteiger partial charge in [0.2, 0.25) is 0 Å². The molecule has 1 aromatic rings. The van der Waals surface area contributed by atoms with E-state index in [2.05, 4.69) is 5.32 Å². The Balaban J connectivity index is 1.81. The van der Waals surface area contributed by atoms with Gasteiger partial charge in [0, 0.05) is 23.2 Å². The fraction of sp³-hybridized carbons (Fsp3) is 0.562. The van der Waals surface area contributed by atoms with Gasteiger partial charge in [-0.05, 0) is 49.7 Å². The third-order valence-electron chi connectivity index (χ3n) is 5.08. The molecule has 2 atom stereocenters. The summed E-state index contributed by atoms with van der Waals surface area (Å²) in [6.07, 6.45) is 5.08. The first-order chi connectivity index (χ1) is 11.0. The second-order valence-electron chi connectivity index (χ2n) is 6.60. The maximum absolute atomic E-state index is 12.6. The number of nitrogens with zero attached hydrogens (tertiary/aromatic N) is 1. The van der Waals surface area contributed by atoms with Crippen molar-refractivity contribution < 1.29 is 9.72 Å². The number of nitrogens with one attached hydrogen (secondary N) is 1. The van der Waals surface area contributed by atoms with Crippen LogP contribution in [-0.4, -0.2) is 22.9 Å². The monoisotopic (exact) mass is 337 g/mol. The summed E-state index contributed by atoms with van der Waals surface area (Å²) in [4.78, 5) is 23.2. The molecule has 2 aliphatic rings. The van der Waals surface area contributed by atoms with Gasteiger partial charge in [-0.3, -0.25) is 14.9 Å². The van der Waals surface area contributed by atoms with Crippen LogP contribution >= 0.6 is 11.6 Å². The fourth-order valence-corrected chi connectivity index (χ4v) is 4.27. The molecule has 0 aromatic heterocycles. The van der Waals surface area contributed by atoms with Crippen LogP contribution in [0.15, 0.2) is 18.2 Å². The Hall–Kier alpha value is -1.66. The Morgan fingerprint density at radius 1 is 1.30 bits per heavy atom. The van der Waals surface area contributed by atoms with Crippen LogP contribution in [0.3, 0.4) is 0 Å². The Morgan fingerprint density at radius 3 is 2.57 bits per heavy atom. The lowest BCUT2D eigenvalue weighted by molar-refractivity contribution is -0.385. The molecule has 1 amide bonds. The zero-order valence-corrected chi connectivity index (χ0v) is 13.5. The van der Waals surface area contributed by atoms with E-state index >= 15 is 0 Å². The number of nitro groups is 1. The summed E-state index contributed by atoms with van der Waals surface area (Å²) in [5.74, 6) is 0.339. The van der Waals surface area contributed by atoms with Crippen LogP contribution in [-0.2, 0) is 0 Å². The smallest absolute Gasteiger partial charge is 0.283 e. The molecular formula is C16H20ClN3O3. The Kier molecular flexibility index (Phi) is 4.55. The predicted octanol–water partition coefficient (Wildman–Crippen LogP) is 2.88. The zero-order chi connectivity index (χ0) is 16.6. The highest BCUT2D eigenvalue weighted by Crippen LogP contribution is 2.40. The van der Waals surface area contributed by atoms with Crippen LogP contribution in [0.5, 0.6) is 0 Å². The van der Waals surface area contributed by atoms with Crippen molar-refractivity contribution in [2.75, 3.05) is 0 Å². The maximum atomic E-state index is 12.6. The van der Waals surface area contributed by atoms with Gasteiger partial charge in [-0.15, -0.1) is 0 Å². The zero-order valence-electron chi connectivity index (χ0n) is 12.7. The molecule has 0 spiro atoms. The molecule has 1 aromatic carbocycles. The maximum Gasteiger partial charge on any atom is 0.283 e. The number of nitro benzene ring substituents is 1. The van der Waals surface area contributed by atoms with Gasteiger partial charge in [0.1, 0.15) is 5.56 Å². The van der Waals surface area contributed by atoms with Crippen molar-refractivity contribution in [1.82, 2.24) is 5.32 Å². The third-order valence-corrected chi connectivity index (χ3v) is 5.31. The number of halogens is 1. The van der Waals surface area contributed by atoms with Crippen LogP contribution in [0, 0.1) is 22.0 Å². The molecule has 0 radical (unpaired) electrons. The van der Waals surface area contributed by atoms with Crippen molar-refractivity contribution >= 4 is 23.2 Å². The molecule has 6 nitrogen and oxygen atoms in total. The molecule has 2 saturated carbocycles. The van der Waals surface area contributed by atoms with Crippen LogP contribution in [0.4, 0.5) is 5.69 Å². The topological polar surface area (TPSA) is 98.3 Å². The molecule has 2 fully saturated rings. The largest absolute Gasteiger partial charge is 0.349 e. The number of fused-ring (bicyclic) bond motifs is 2. The van der Waals surface area contributed by atoms with E-state index in [9.17, 15) is 14.9 Å². The van der Waals surface area contributed by atoms with Crippen molar-refractivity contribution in [1.29, 1.82) is 0 Å². The van der Waals surface area contributed by atoms with Gasteiger partial charge in [0.25, 0.3) is 11.6 Å². The summed E-state index contributed by atoms with van der Waals surface area (Å²) in [5, 5.41) is 14.4. The Labute approximate surface area is 139 Å². The summed E-state index contributed by atoms with van der Waals surface area (Å²) in [7, 11) is 0. The lowest BCUT2D eigenvalue weighted by Gasteiger charge is -2.45. The van der Waals surface area contributed by atoms with E-state index in [1.807, 2.05) is 0 Å². The van der Waals surface area contributed by atoms with Crippen LogP contribution < -0.4 is 11.1 Å². The molecule has 0 aliphatic heterocycles. The molecule has 3 rings (SSSR count). The van der Waals surface area contributed by atoms with Crippen molar-refractivity contribution in [3.8, 4) is 0 Å². The average Bonchev–Trinajstić information content (AvgIpc) is 2.47. The molecule has 2 bridgehead atoms. The van der Waals surface area contributed by atoms with Crippen molar-refractivity contribution in [3.63, 3.8) is 0 Å². The SMILES string of the molecule is NC1CC2CCCC(C1)C2NC(=O)c1ccc(Cl)cc1[N+](=O)[O-]. The van der Waals surface area contributed by atoms with Crippen molar-refractivity contribution in [2.24, 2.45) is 17.6 Å². The number of carbonyl (C=O) groups is 1. The highest BCUT2D eigenvalue weighted by Gasteiger charge is 2.40. The lowest BCUT2D eigenvalue weighted by Crippen LogP contribution is -2.53. The predicted molar refractivity (Wildman–Crippen MR) is 87.4 cm³/mol. The number of hydrogen-bond acceptors (Lipinski definition) is 4. The number of nitrogens with two attached hydrogens (primary N) is 1. The van der Waals surface area contributed by atoms with Gasteiger partial charge < -0.3 is 11.1 Å². The quantitative estimate of drug-likeness (QED) is 0.654. The second kappa shape index (κ2) is 6.45. The van der Waals surface area contributed by atoms with E-state index in [0.717, 1.165) is 32.1 Å². The van der Waals surface area contributed by atoms with Crippen LogP contribution in [0.1, 0.15) is 42.5 Å². The van der Waals surface area contributed by atoms with E-state index in [1.165, 1.54) is 18.2 Å². The Bertz CT molecular complexity index is 623. The van der Waals surface area contributed by atoms with E-state index in [4.69, 9.17) is 17.3 Å². The minimum absolute atomic E-state index is 0.0614. The van der Waals surface area contributed by atoms with E-state index in [-0.39, 0.29) is 28.4 Å². The standard InChI is InChI=1S/C16H20ClN3O3/c17-11-4-5-13(14(8-11)20(22)23)16(21)19-15-9-2-1-3-10(15)7-12(18)6-9/h4-5,8-10,12,15H,1-3,6-7,18H2,(H,19,21). The summed E-state index contributed by atoms with van der Waals surface area (Å²) in [6, 6.07) is 4.39. The highest BCUT2D eigenvalue weighted by atomic mass is 35.5. The molecule has 2 unspecified atom stereocenters. The van der Waals surface area contributed by atoms with Gasteiger partial charge >= 0.3 is 0 Å². The first-order valence-corrected chi connectivity index (χ1v) is 8.34. The summed E-state index contributed by atoms with van der Waals surface area (Å²) in [6.45, 7) is 0. The third kappa shape index (κ3) is 3.33. The van der Waals surface area contributed by atoms with Crippen molar-refractivity contribution in [2.45, 2.75) is 44.2 Å². The summed E-state index contributed by atoms with van der Waals surface area (Å²) < 4.78 is 0. The molecule has 2 aliphatic carbocycles. The minimum Gasteiger partial charge on any atom is -0.349 e. The molecule has 7 heteroatoms. The van der Waals surface area contributed by atoms with Gasteiger partial charge in [-0.2, -0.15) is 0 Å². The van der Waals surface area contributed by atoms with E-state index < -0.39 is 10.8 Å². The summed E-state index contributed by atoms with van der Waals surface area (Å²) in [5.41, 5.74) is 5.90. The molecule has 0 heterocycles. The first-order valence-electron chi connectivity index (χ1n) is 7.96. The number of carbonyl (C=O) groups excluding carboxylic acids is 1. The Morgan fingerprint density at radius 2 is 1.96 bits per heavy atom. The molecule has 124 valence electrons.